The van der Waals surface area contributed by atoms with Gasteiger partial charge in [0.2, 0.25) is 0 Å². The van der Waals surface area contributed by atoms with Crippen molar-refractivity contribution in [2.45, 2.75) is 26.7 Å². The van der Waals surface area contributed by atoms with Crippen molar-refractivity contribution in [3.05, 3.63) is 53.9 Å². The van der Waals surface area contributed by atoms with Crippen molar-refractivity contribution >= 4 is 17.0 Å². The first-order valence-electron chi connectivity index (χ1n) is 9.73. The fourth-order valence-corrected chi connectivity index (χ4v) is 3.39. The van der Waals surface area contributed by atoms with E-state index in [-0.39, 0.29) is 5.91 Å². The molecule has 1 amide bonds. The van der Waals surface area contributed by atoms with Crippen molar-refractivity contribution in [1.82, 2.24) is 25.2 Å². The van der Waals surface area contributed by atoms with Gasteiger partial charge in [-0.3, -0.25) is 9.48 Å². The summed E-state index contributed by atoms with van der Waals surface area (Å²) in [6.45, 7) is 4.62. The van der Waals surface area contributed by atoms with Crippen LogP contribution in [0.3, 0.4) is 0 Å². The Labute approximate surface area is 168 Å². The number of hydrogen-bond donors (Lipinski definition) is 1. The molecule has 0 bridgehead atoms. The molecule has 7 nitrogen and oxygen atoms in total. The molecule has 0 radical (unpaired) electrons. The van der Waals surface area contributed by atoms with E-state index in [0.29, 0.717) is 34.6 Å². The first-order valence-corrected chi connectivity index (χ1v) is 9.73. The molecule has 0 fully saturated rings. The van der Waals surface area contributed by atoms with E-state index in [9.17, 15) is 4.79 Å². The summed E-state index contributed by atoms with van der Waals surface area (Å²) in [6.07, 6.45) is 3.81. The minimum absolute atomic E-state index is 0.158. The Morgan fingerprint density at radius 3 is 2.72 bits per heavy atom. The number of fused-ring (bicyclic) bond motifs is 1. The van der Waals surface area contributed by atoms with Crippen LogP contribution < -0.4 is 5.32 Å². The lowest BCUT2D eigenvalue weighted by Crippen LogP contribution is -2.24. The van der Waals surface area contributed by atoms with E-state index in [1.165, 1.54) is 0 Å². The van der Waals surface area contributed by atoms with Gasteiger partial charge < -0.3 is 9.84 Å². The second-order valence-corrected chi connectivity index (χ2v) is 7.04. The number of nitrogens with zero attached hydrogens (tertiary/aromatic N) is 4. The van der Waals surface area contributed by atoms with Crippen LogP contribution in [0.5, 0.6) is 0 Å². The van der Waals surface area contributed by atoms with Gasteiger partial charge in [0, 0.05) is 30.9 Å². The third-order valence-corrected chi connectivity index (χ3v) is 4.84. The Bertz CT molecular complexity index is 1160. The highest BCUT2D eigenvalue weighted by molar-refractivity contribution is 6.10. The first kappa shape index (κ1) is 18.9. The summed E-state index contributed by atoms with van der Waals surface area (Å²) in [5.74, 6) is -0.158. The van der Waals surface area contributed by atoms with Crippen LogP contribution in [0.1, 0.15) is 35.8 Å². The molecule has 1 aromatic carbocycles. The zero-order chi connectivity index (χ0) is 20.4. The summed E-state index contributed by atoms with van der Waals surface area (Å²) < 4.78 is 7.29. The number of pyridine rings is 1. The van der Waals surface area contributed by atoms with Gasteiger partial charge in [-0.25, -0.2) is 4.98 Å². The van der Waals surface area contributed by atoms with Crippen LogP contribution in [-0.4, -0.2) is 32.4 Å². The molecule has 0 atom stereocenters. The van der Waals surface area contributed by atoms with Gasteiger partial charge in [0.1, 0.15) is 5.69 Å². The molecule has 0 saturated carbocycles. The molecule has 1 N–H and O–H groups in total. The number of carbonyl (C=O) groups is 1. The summed E-state index contributed by atoms with van der Waals surface area (Å²) in [7, 11) is 1.86. The minimum Gasteiger partial charge on any atom is -0.352 e. The van der Waals surface area contributed by atoms with Crippen molar-refractivity contribution < 1.29 is 9.32 Å². The quantitative estimate of drug-likeness (QED) is 0.501. The monoisotopic (exact) mass is 389 g/mol. The molecule has 0 aliphatic rings. The van der Waals surface area contributed by atoms with Crippen LogP contribution in [0.2, 0.25) is 0 Å². The number of unbranched alkanes of at least 4 members (excludes halogenated alkanes) is 1. The number of carbonyl (C=O) groups excluding carboxylic acids is 1. The van der Waals surface area contributed by atoms with E-state index >= 15 is 0 Å². The number of amides is 1. The maximum Gasteiger partial charge on any atom is 0.259 e. The highest BCUT2D eigenvalue weighted by Gasteiger charge is 2.22. The molecule has 7 heteroatoms. The molecule has 4 rings (SSSR count). The van der Waals surface area contributed by atoms with Crippen LogP contribution in [0.15, 0.2) is 47.1 Å². The molecular formula is C22H23N5O2. The molecule has 0 saturated heterocycles. The van der Waals surface area contributed by atoms with Gasteiger partial charge in [0.05, 0.1) is 22.3 Å². The second-order valence-electron chi connectivity index (χ2n) is 7.04. The fraction of sp³-hybridized carbons (Fsp3) is 0.273. The average molecular weight is 389 g/mol. The number of hydrogen-bond acceptors (Lipinski definition) is 5. The van der Waals surface area contributed by atoms with Crippen molar-refractivity contribution in [1.29, 1.82) is 0 Å². The molecule has 0 aliphatic heterocycles. The number of aromatic nitrogens is 4. The maximum atomic E-state index is 13.1. The average Bonchev–Trinajstić information content (AvgIpc) is 3.30. The van der Waals surface area contributed by atoms with E-state index in [1.807, 2.05) is 50.5 Å². The Kier molecular flexibility index (Phi) is 5.12. The Morgan fingerprint density at radius 2 is 2.03 bits per heavy atom. The van der Waals surface area contributed by atoms with E-state index < -0.39 is 0 Å². The van der Waals surface area contributed by atoms with Crippen LogP contribution >= 0.6 is 0 Å². The third-order valence-electron chi connectivity index (χ3n) is 4.84. The summed E-state index contributed by atoms with van der Waals surface area (Å²) in [5.41, 5.74) is 4.66. The fourth-order valence-electron chi connectivity index (χ4n) is 3.39. The van der Waals surface area contributed by atoms with E-state index in [1.54, 1.807) is 10.7 Å². The standard InChI is InChI=1S/C22H23N5O2/c1-4-5-11-23-21(28)16-12-18(17-13-27(3)25-14(17)2)24-22-19(16)20(26-29-22)15-9-7-6-8-10-15/h6-10,12-13H,4-5,11H2,1-3H3,(H,23,28). The maximum absolute atomic E-state index is 13.1. The lowest BCUT2D eigenvalue weighted by atomic mass is 10.0. The van der Waals surface area contributed by atoms with Gasteiger partial charge >= 0.3 is 0 Å². The largest absolute Gasteiger partial charge is 0.352 e. The normalized spacial score (nSPS) is 11.1. The number of benzene rings is 1. The van der Waals surface area contributed by atoms with Crippen molar-refractivity contribution in [3.8, 4) is 22.5 Å². The first-order chi connectivity index (χ1) is 14.1. The number of nitrogens with one attached hydrogen (secondary N) is 1. The Balaban J connectivity index is 1.89. The van der Waals surface area contributed by atoms with Gasteiger partial charge in [-0.05, 0) is 19.4 Å². The van der Waals surface area contributed by atoms with Crippen LogP contribution in [0.25, 0.3) is 33.6 Å². The Hall–Kier alpha value is -3.48. The summed E-state index contributed by atoms with van der Waals surface area (Å²) in [6, 6.07) is 11.5. The molecule has 0 aliphatic carbocycles. The predicted molar refractivity (Wildman–Crippen MR) is 111 cm³/mol. The van der Waals surface area contributed by atoms with E-state index in [2.05, 4.69) is 27.5 Å². The zero-order valence-electron chi connectivity index (χ0n) is 16.8. The smallest absolute Gasteiger partial charge is 0.259 e. The highest BCUT2D eigenvalue weighted by atomic mass is 16.5. The topological polar surface area (TPSA) is 85.8 Å². The lowest BCUT2D eigenvalue weighted by molar-refractivity contribution is 0.0954. The van der Waals surface area contributed by atoms with Gasteiger partial charge in [-0.1, -0.05) is 48.8 Å². The second kappa shape index (κ2) is 7.87. The molecule has 4 aromatic rings. The summed E-state index contributed by atoms with van der Waals surface area (Å²) in [4.78, 5) is 17.7. The van der Waals surface area contributed by atoms with Crippen LogP contribution in [0, 0.1) is 6.92 Å². The molecule has 0 spiro atoms. The summed E-state index contributed by atoms with van der Waals surface area (Å²) >= 11 is 0. The van der Waals surface area contributed by atoms with Crippen molar-refractivity contribution in [2.24, 2.45) is 7.05 Å². The van der Waals surface area contributed by atoms with Crippen molar-refractivity contribution in [2.75, 3.05) is 6.54 Å². The Morgan fingerprint density at radius 1 is 1.24 bits per heavy atom. The SMILES string of the molecule is CCCCNC(=O)c1cc(-c2cn(C)nc2C)nc2onc(-c3ccccc3)c12. The van der Waals surface area contributed by atoms with E-state index in [0.717, 1.165) is 29.7 Å². The lowest BCUT2D eigenvalue weighted by Gasteiger charge is -2.08. The summed E-state index contributed by atoms with van der Waals surface area (Å²) in [5, 5.41) is 12.2. The zero-order valence-corrected chi connectivity index (χ0v) is 16.8. The van der Waals surface area contributed by atoms with Crippen LogP contribution in [0.4, 0.5) is 0 Å². The van der Waals surface area contributed by atoms with Gasteiger partial charge in [-0.15, -0.1) is 0 Å². The van der Waals surface area contributed by atoms with Gasteiger partial charge in [-0.2, -0.15) is 5.10 Å². The number of rotatable bonds is 6. The number of aryl methyl sites for hydroxylation is 2. The van der Waals surface area contributed by atoms with Gasteiger partial charge in [0.25, 0.3) is 11.6 Å². The third kappa shape index (κ3) is 3.63. The molecule has 0 unspecified atom stereocenters. The molecule has 3 heterocycles. The molecule has 3 aromatic heterocycles. The molecular weight excluding hydrogens is 366 g/mol. The molecule has 148 valence electrons. The van der Waals surface area contributed by atoms with Crippen molar-refractivity contribution in [3.63, 3.8) is 0 Å². The highest BCUT2D eigenvalue weighted by Crippen LogP contribution is 2.33. The van der Waals surface area contributed by atoms with Crippen LogP contribution in [-0.2, 0) is 7.05 Å². The van der Waals surface area contributed by atoms with Gasteiger partial charge in [0.15, 0.2) is 0 Å². The predicted octanol–water partition coefficient (Wildman–Crippen LogP) is 4.13. The minimum atomic E-state index is -0.158. The van der Waals surface area contributed by atoms with E-state index in [4.69, 9.17) is 4.52 Å². The molecule has 29 heavy (non-hydrogen) atoms.